The minimum atomic E-state index is -0.797. The standard InChI is InChI=1S/C71H118O6/c1-4-7-10-13-16-19-22-25-28-30-32-34-35-37-38-40-43-46-49-52-55-58-61-64-70(73)76-67-68(66-75-69(72)63-60-57-54-51-48-45-42-27-24-21-18-15-12-9-6-3)77-71(74)65-62-59-56-53-50-47-44-41-39-36-33-31-29-26-23-20-17-14-11-8-5-2/h7-8,10-11,16-17,19-20,25-26,28-29,32-34,36-38,43,46,68H,4-6,9,12-15,18,21-24,27,30-31,35,39-42,44-45,47-67H2,1-3H3/b10-7-,11-8-,19-16-,20-17-,28-25-,29-26-,34-32-,36-33-,38-37-,46-43-. The summed E-state index contributed by atoms with van der Waals surface area (Å²) in [6, 6.07) is 0. The molecule has 0 N–H and O–H groups in total. The molecule has 77 heavy (non-hydrogen) atoms. The number of allylic oxidation sites excluding steroid dienone is 20. The van der Waals surface area contributed by atoms with Gasteiger partial charge >= 0.3 is 17.9 Å². The average Bonchev–Trinajstić information content (AvgIpc) is 3.43. The van der Waals surface area contributed by atoms with Crippen molar-refractivity contribution in [3.05, 3.63) is 122 Å². The van der Waals surface area contributed by atoms with Gasteiger partial charge in [0.05, 0.1) is 0 Å². The summed E-state index contributed by atoms with van der Waals surface area (Å²) in [7, 11) is 0. The molecular weight excluding hydrogens is 949 g/mol. The fourth-order valence-corrected chi connectivity index (χ4v) is 8.73. The summed E-state index contributed by atoms with van der Waals surface area (Å²) in [6.45, 7) is 6.41. The summed E-state index contributed by atoms with van der Waals surface area (Å²) >= 11 is 0. The summed E-state index contributed by atoms with van der Waals surface area (Å²) in [5, 5.41) is 0. The van der Waals surface area contributed by atoms with Gasteiger partial charge in [-0.05, 0) is 109 Å². The van der Waals surface area contributed by atoms with Crippen LogP contribution in [0.15, 0.2) is 122 Å². The minimum absolute atomic E-state index is 0.0898. The second-order valence-electron chi connectivity index (χ2n) is 20.9. The van der Waals surface area contributed by atoms with E-state index >= 15 is 0 Å². The van der Waals surface area contributed by atoms with Gasteiger partial charge in [-0.25, -0.2) is 0 Å². The van der Waals surface area contributed by atoms with Gasteiger partial charge in [-0.1, -0.05) is 284 Å². The van der Waals surface area contributed by atoms with Crippen LogP contribution < -0.4 is 0 Å². The first-order valence-electron chi connectivity index (χ1n) is 32.0. The largest absolute Gasteiger partial charge is 0.462 e. The molecule has 0 aromatic rings. The first-order chi connectivity index (χ1) is 38.0. The third-order valence-corrected chi connectivity index (χ3v) is 13.5. The average molecular weight is 1070 g/mol. The zero-order chi connectivity index (χ0) is 55.7. The molecule has 0 aromatic carbocycles. The molecular formula is C71H118O6. The lowest BCUT2D eigenvalue weighted by Crippen LogP contribution is -2.30. The maximum atomic E-state index is 12.9. The molecule has 0 aromatic heterocycles. The van der Waals surface area contributed by atoms with Crippen molar-refractivity contribution in [2.45, 2.75) is 297 Å². The van der Waals surface area contributed by atoms with Crippen LogP contribution >= 0.6 is 0 Å². The third kappa shape index (κ3) is 62.5. The van der Waals surface area contributed by atoms with Crippen LogP contribution in [0.25, 0.3) is 0 Å². The fourth-order valence-electron chi connectivity index (χ4n) is 8.73. The van der Waals surface area contributed by atoms with Crippen LogP contribution in [0.3, 0.4) is 0 Å². The van der Waals surface area contributed by atoms with Crippen LogP contribution in [-0.2, 0) is 28.6 Å². The van der Waals surface area contributed by atoms with Gasteiger partial charge in [-0.3, -0.25) is 14.4 Å². The highest BCUT2D eigenvalue weighted by molar-refractivity contribution is 5.71. The second-order valence-corrected chi connectivity index (χ2v) is 20.9. The molecule has 438 valence electrons. The van der Waals surface area contributed by atoms with Crippen molar-refractivity contribution < 1.29 is 28.6 Å². The Labute approximate surface area is 475 Å². The van der Waals surface area contributed by atoms with Crippen molar-refractivity contribution in [2.24, 2.45) is 0 Å². The lowest BCUT2D eigenvalue weighted by Gasteiger charge is -2.18. The predicted molar refractivity (Wildman–Crippen MR) is 334 cm³/mol. The van der Waals surface area contributed by atoms with Crippen molar-refractivity contribution in [3.8, 4) is 0 Å². The highest BCUT2D eigenvalue weighted by atomic mass is 16.6. The Morgan fingerprint density at radius 2 is 0.506 bits per heavy atom. The smallest absolute Gasteiger partial charge is 0.306 e. The van der Waals surface area contributed by atoms with Gasteiger partial charge in [-0.2, -0.15) is 0 Å². The maximum Gasteiger partial charge on any atom is 0.306 e. The molecule has 0 rings (SSSR count). The van der Waals surface area contributed by atoms with Crippen molar-refractivity contribution in [1.82, 2.24) is 0 Å². The predicted octanol–water partition coefficient (Wildman–Crippen LogP) is 22.0. The molecule has 0 amide bonds. The van der Waals surface area contributed by atoms with Crippen LogP contribution in [0.1, 0.15) is 290 Å². The fraction of sp³-hybridized carbons (Fsp3) is 0.676. The van der Waals surface area contributed by atoms with E-state index in [1.165, 1.54) is 109 Å². The van der Waals surface area contributed by atoms with E-state index in [1.54, 1.807) is 0 Å². The van der Waals surface area contributed by atoms with Crippen molar-refractivity contribution in [1.29, 1.82) is 0 Å². The number of carbonyl (C=O) groups excluding carboxylic acids is 3. The molecule has 1 unspecified atom stereocenters. The highest BCUT2D eigenvalue weighted by Crippen LogP contribution is 2.16. The van der Waals surface area contributed by atoms with Crippen LogP contribution in [0.2, 0.25) is 0 Å². The molecule has 0 fully saturated rings. The van der Waals surface area contributed by atoms with Crippen LogP contribution in [0.5, 0.6) is 0 Å². The van der Waals surface area contributed by atoms with Gasteiger partial charge in [0.1, 0.15) is 13.2 Å². The number of ether oxygens (including phenoxy) is 3. The molecule has 0 aliphatic rings. The quantitative estimate of drug-likeness (QED) is 0.0261. The normalized spacial score (nSPS) is 12.9. The van der Waals surface area contributed by atoms with E-state index in [9.17, 15) is 14.4 Å². The zero-order valence-corrected chi connectivity index (χ0v) is 50.2. The van der Waals surface area contributed by atoms with Gasteiger partial charge in [0, 0.05) is 19.3 Å². The zero-order valence-electron chi connectivity index (χ0n) is 50.2. The molecule has 0 bridgehead atoms. The first-order valence-corrected chi connectivity index (χ1v) is 32.0. The Balaban J connectivity index is 4.45. The maximum absolute atomic E-state index is 12.9. The molecule has 0 spiro atoms. The molecule has 0 aliphatic carbocycles. The third-order valence-electron chi connectivity index (χ3n) is 13.5. The topological polar surface area (TPSA) is 78.9 Å². The molecule has 0 radical (unpaired) electrons. The minimum Gasteiger partial charge on any atom is -0.462 e. The Kier molecular flexibility index (Phi) is 60.8. The van der Waals surface area contributed by atoms with E-state index in [1.807, 2.05) is 0 Å². The van der Waals surface area contributed by atoms with Crippen molar-refractivity contribution in [3.63, 3.8) is 0 Å². The van der Waals surface area contributed by atoms with Gasteiger partial charge in [0.15, 0.2) is 6.10 Å². The van der Waals surface area contributed by atoms with Crippen molar-refractivity contribution in [2.75, 3.05) is 13.2 Å². The molecule has 0 saturated heterocycles. The van der Waals surface area contributed by atoms with Crippen molar-refractivity contribution >= 4 is 17.9 Å². The first kappa shape index (κ1) is 72.8. The Hall–Kier alpha value is -4.19. The van der Waals surface area contributed by atoms with Crippen LogP contribution in [0.4, 0.5) is 0 Å². The van der Waals surface area contributed by atoms with E-state index in [0.717, 1.165) is 141 Å². The van der Waals surface area contributed by atoms with Crippen LogP contribution in [0, 0.1) is 0 Å². The summed E-state index contributed by atoms with van der Waals surface area (Å²) in [4.78, 5) is 38.4. The van der Waals surface area contributed by atoms with Gasteiger partial charge in [0.2, 0.25) is 0 Å². The van der Waals surface area contributed by atoms with E-state index in [0.29, 0.717) is 19.3 Å². The molecule has 1 atom stereocenters. The Bertz CT molecular complexity index is 1600. The monoisotopic (exact) mass is 1070 g/mol. The number of carbonyl (C=O) groups is 3. The van der Waals surface area contributed by atoms with E-state index in [-0.39, 0.29) is 31.1 Å². The Morgan fingerprint density at radius 3 is 0.792 bits per heavy atom. The summed E-state index contributed by atoms with van der Waals surface area (Å²) < 4.78 is 16.9. The lowest BCUT2D eigenvalue weighted by atomic mass is 10.0. The van der Waals surface area contributed by atoms with E-state index in [2.05, 4.69) is 142 Å². The van der Waals surface area contributed by atoms with E-state index in [4.69, 9.17) is 14.2 Å². The summed E-state index contributed by atoms with van der Waals surface area (Å²) in [5.41, 5.74) is 0. The second kappa shape index (κ2) is 64.3. The number of esters is 3. The molecule has 6 nitrogen and oxygen atoms in total. The molecule has 6 heteroatoms. The van der Waals surface area contributed by atoms with Gasteiger partial charge < -0.3 is 14.2 Å². The van der Waals surface area contributed by atoms with Gasteiger partial charge in [0.25, 0.3) is 0 Å². The number of hydrogen-bond donors (Lipinski definition) is 0. The molecule has 0 saturated carbocycles. The van der Waals surface area contributed by atoms with E-state index < -0.39 is 6.10 Å². The van der Waals surface area contributed by atoms with Gasteiger partial charge in [-0.15, -0.1) is 0 Å². The number of unbranched alkanes of at least 4 members (excludes halogenated alkanes) is 26. The summed E-state index contributed by atoms with van der Waals surface area (Å²) in [6.07, 6.45) is 89.1. The number of rotatable bonds is 57. The SMILES string of the molecule is CC/C=C\C/C=C\C/C=C\C/C=C\C/C=C\C/C=C\CCCCCCC(=O)OCC(COC(=O)CCCCCCCCCCCCCCCCC)OC(=O)CCCCCCCCCC/C=C\C/C=C\C/C=C\C/C=C\CC. The highest BCUT2D eigenvalue weighted by Gasteiger charge is 2.19. The number of hydrogen-bond acceptors (Lipinski definition) is 6. The molecule has 0 aliphatic heterocycles. The molecule has 0 heterocycles. The van der Waals surface area contributed by atoms with Crippen LogP contribution in [-0.4, -0.2) is 37.2 Å². The Morgan fingerprint density at radius 1 is 0.273 bits per heavy atom. The lowest BCUT2D eigenvalue weighted by molar-refractivity contribution is -0.167. The summed E-state index contributed by atoms with van der Waals surface area (Å²) in [5.74, 6) is -0.917.